The van der Waals surface area contributed by atoms with Crippen LogP contribution in [0.1, 0.15) is 30.0 Å². The second kappa shape index (κ2) is 5.39. The maximum Gasteiger partial charge on any atom is 0.0775 e. The molecule has 1 aromatic rings. The third-order valence-corrected chi connectivity index (χ3v) is 4.31. The number of fused-ring (bicyclic) bond motifs is 1. The Bertz CT molecular complexity index is 401. The van der Waals surface area contributed by atoms with Gasteiger partial charge in [0.05, 0.1) is 12.1 Å². The van der Waals surface area contributed by atoms with Gasteiger partial charge in [-0.05, 0) is 49.4 Å². The summed E-state index contributed by atoms with van der Waals surface area (Å²) in [4.78, 5) is 0. The molecule has 3 atom stereocenters. The molecule has 0 bridgehead atoms. The summed E-state index contributed by atoms with van der Waals surface area (Å²) in [5.74, 6) is 0.377. The van der Waals surface area contributed by atoms with E-state index in [2.05, 4.69) is 34.9 Å². The quantitative estimate of drug-likeness (QED) is 0.735. The molecule has 18 heavy (non-hydrogen) atoms. The zero-order valence-corrected chi connectivity index (χ0v) is 10.7. The molecule has 3 rings (SSSR count). The van der Waals surface area contributed by atoms with Crippen LogP contribution in [0.15, 0.2) is 24.3 Å². The molecule has 0 aromatic heterocycles. The van der Waals surface area contributed by atoms with Gasteiger partial charge in [-0.2, -0.15) is 0 Å². The van der Waals surface area contributed by atoms with Gasteiger partial charge in [-0.15, -0.1) is 0 Å². The first kappa shape index (κ1) is 12.2. The van der Waals surface area contributed by atoms with Crippen molar-refractivity contribution in [3.05, 3.63) is 35.4 Å². The molecule has 0 amide bonds. The number of aliphatic hydroxyl groups excluding tert-OH is 1. The molecular weight excluding hydrogens is 224 g/mol. The van der Waals surface area contributed by atoms with Gasteiger partial charge in [0, 0.05) is 6.54 Å². The van der Waals surface area contributed by atoms with E-state index in [-0.39, 0.29) is 12.1 Å². The summed E-state index contributed by atoms with van der Waals surface area (Å²) in [5.41, 5.74) is 2.69. The zero-order valence-electron chi connectivity index (χ0n) is 10.7. The van der Waals surface area contributed by atoms with Crippen molar-refractivity contribution < 1.29 is 5.11 Å². The van der Waals surface area contributed by atoms with Crippen molar-refractivity contribution in [2.24, 2.45) is 5.92 Å². The summed E-state index contributed by atoms with van der Waals surface area (Å²) in [5, 5.41) is 17.5. The van der Waals surface area contributed by atoms with Gasteiger partial charge < -0.3 is 15.7 Å². The Hall–Kier alpha value is -0.900. The zero-order chi connectivity index (χ0) is 12.4. The number of aliphatic hydroxyl groups is 1. The summed E-state index contributed by atoms with van der Waals surface area (Å²) >= 11 is 0. The van der Waals surface area contributed by atoms with Crippen LogP contribution in [0, 0.1) is 5.92 Å². The molecular formula is C15H22N2O. The molecule has 0 saturated carbocycles. The van der Waals surface area contributed by atoms with Gasteiger partial charge in [-0.3, -0.25) is 0 Å². The molecule has 2 aliphatic rings. The molecule has 1 aromatic carbocycles. The smallest absolute Gasteiger partial charge is 0.0775 e. The van der Waals surface area contributed by atoms with Crippen LogP contribution >= 0.6 is 0 Å². The van der Waals surface area contributed by atoms with E-state index in [0.717, 1.165) is 32.5 Å². The monoisotopic (exact) mass is 246 g/mol. The number of piperidine rings is 1. The van der Waals surface area contributed by atoms with Crippen LogP contribution in [0.5, 0.6) is 0 Å². The molecule has 2 aliphatic heterocycles. The number of rotatable bonds is 2. The van der Waals surface area contributed by atoms with E-state index in [1.807, 2.05) is 0 Å². The third kappa shape index (κ3) is 2.30. The van der Waals surface area contributed by atoms with Crippen LogP contribution in [0.3, 0.4) is 0 Å². The number of hydrogen-bond donors (Lipinski definition) is 3. The lowest BCUT2D eigenvalue weighted by molar-refractivity contribution is 0.0536. The molecule has 1 fully saturated rings. The summed E-state index contributed by atoms with van der Waals surface area (Å²) in [7, 11) is 0. The average molecular weight is 246 g/mol. The Balaban J connectivity index is 1.80. The lowest BCUT2D eigenvalue weighted by Gasteiger charge is -2.36. The van der Waals surface area contributed by atoms with Crippen molar-refractivity contribution in [3.8, 4) is 0 Å². The van der Waals surface area contributed by atoms with E-state index >= 15 is 0 Å². The third-order valence-electron chi connectivity index (χ3n) is 4.31. The predicted molar refractivity (Wildman–Crippen MR) is 72.5 cm³/mol. The Labute approximate surface area is 109 Å². The molecule has 98 valence electrons. The largest absolute Gasteiger partial charge is 0.391 e. The van der Waals surface area contributed by atoms with Crippen LogP contribution in [0.2, 0.25) is 0 Å². The Morgan fingerprint density at radius 2 is 2.11 bits per heavy atom. The fourth-order valence-electron chi connectivity index (χ4n) is 3.28. The Morgan fingerprint density at radius 3 is 2.94 bits per heavy atom. The molecule has 3 heteroatoms. The van der Waals surface area contributed by atoms with Gasteiger partial charge in [-0.1, -0.05) is 24.3 Å². The minimum atomic E-state index is -0.278. The normalized spacial score (nSPS) is 29.6. The molecule has 0 radical (unpaired) electrons. The van der Waals surface area contributed by atoms with Crippen LogP contribution in [-0.4, -0.2) is 30.8 Å². The summed E-state index contributed by atoms with van der Waals surface area (Å²) < 4.78 is 0. The van der Waals surface area contributed by atoms with Gasteiger partial charge >= 0.3 is 0 Å². The summed E-state index contributed by atoms with van der Waals surface area (Å²) in [6.45, 7) is 3.01. The van der Waals surface area contributed by atoms with Crippen molar-refractivity contribution in [2.45, 2.75) is 31.4 Å². The van der Waals surface area contributed by atoms with E-state index in [1.165, 1.54) is 17.5 Å². The maximum absolute atomic E-state index is 10.6. The van der Waals surface area contributed by atoms with E-state index in [0.29, 0.717) is 5.92 Å². The second-order valence-corrected chi connectivity index (χ2v) is 5.48. The highest BCUT2D eigenvalue weighted by atomic mass is 16.3. The number of benzene rings is 1. The van der Waals surface area contributed by atoms with Gasteiger partial charge in [0.25, 0.3) is 0 Å². The minimum Gasteiger partial charge on any atom is -0.391 e. The highest BCUT2D eigenvalue weighted by Gasteiger charge is 2.32. The fourth-order valence-corrected chi connectivity index (χ4v) is 3.28. The molecule has 0 aliphatic carbocycles. The molecule has 0 spiro atoms. The van der Waals surface area contributed by atoms with Crippen molar-refractivity contribution in [2.75, 3.05) is 19.6 Å². The van der Waals surface area contributed by atoms with E-state index in [9.17, 15) is 5.11 Å². The first-order valence-electron chi connectivity index (χ1n) is 7.06. The van der Waals surface area contributed by atoms with Crippen LogP contribution < -0.4 is 10.6 Å². The standard InChI is InChI=1S/C15H22N2O/c18-15(12-5-3-8-16-10-12)14-13-6-2-1-4-11(13)7-9-17-14/h1-2,4,6,12,14-18H,3,5,7-10H2. The van der Waals surface area contributed by atoms with E-state index < -0.39 is 0 Å². The van der Waals surface area contributed by atoms with Gasteiger partial charge in [0.2, 0.25) is 0 Å². The van der Waals surface area contributed by atoms with Crippen LogP contribution in [-0.2, 0) is 6.42 Å². The molecule has 1 saturated heterocycles. The Morgan fingerprint density at radius 1 is 1.22 bits per heavy atom. The average Bonchev–Trinajstić information content (AvgIpc) is 2.47. The SMILES string of the molecule is OC(C1CCCNC1)C1NCCc2ccccc21. The van der Waals surface area contributed by atoms with Crippen LogP contribution in [0.25, 0.3) is 0 Å². The Kier molecular flexibility index (Phi) is 3.64. The topological polar surface area (TPSA) is 44.3 Å². The van der Waals surface area contributed by atoms with Crippen molar-refractivity contribution >= 4 is 0 Å². The number of hydrogen-bond acceptors (Lipinski definition) is 3. The van der Waals surface area contributed by atoms with Crippen molar-refractivity contribution in [3.63, 3.8) is 0 Å². The highest BCUT2D eigenvalue weighted by Crippen LogP contribution is 2.30. The molecule has 3 unspecified atom stereocenters. The molecule has 3 N–H and O–H groups in total. The molecule has 2 heterocycles. The van der Waals surface area contributed by atoms with Gasteiger partial charge in [-0.25, -0.2) is 0 Å². The lowest BCUT2D eigenvalue weighted by atomic mass is 9.83. The molecule has 3 nitrogen and oxygen atoms in total. The van der Waals surface area contributed by atoms with Gasteiger partial charge in [0.1, 0.15) is 0 Å². The summed E-state index contributed by atoms with van der Waals surface area (Å²) in [6.07, 6.45) is 3.10. The lowest BCUT2D eigenvalue weighted by Crippen LogP contribution is -2.45. The van der Waals surface area contributed by atoms with E-state index in [4.69, 9.17) is 0 Å². The minimum absolute atomic E-state index is 0.111. The first-order chi connectivity index (χ1) is 8.86. The number of nitrogens with one attached hydrogen (secondary N) is 2. The highest BCUT2D eigenvalue weighted by molar-refractivity contribution is 5.33. The van der Waals surface area contributed by atoms with E-state index in [1.54, 1.807) is 0 Å². The fraction of sp³-hybridized carbons (Fsp3) is 0.600. The first-order valence-corrected chi connectivity index (χ1v) is 7.06. The predicted octanol–water partition coefficient (Wildman–Crippen LogP) is 1.23. The van der Waals surface area contributed by atoms with Gasteiger partial charge in [0.15, 0.2) is 0 Å². The second-order valence-electron chi connectivity index (χ2n) is 5.48. The van der Waals surface area contributed by atoms with Crippen LogP contribution in [0.4, 0.5) is 0 Å². The summed E-state index contributed by atoms with van der Waals surface area (Å²) in [6, 6.07) is 8.63. The van der Waals surface area contributed by atoms with Crippen molar-refractivity contribution in [1.82, 2.24) is 10.6 Å². The van der Waals surface area contributed by atoms with Crippen molar-refractivity contribution in [1.29, 1.82) is 0 Å². The maximum atomic E-state index is 10.6.